The second-order valence-electron chi connectivity index (χ2n) is 12.3. The molecular formula is C40H48O4S2. The molecule has 1 aliphatic carbocycles. The van der Waals surface area contributed by atoms with Crippen LogP contribution in [0.3, 0.4) is 0 Å². The largest absolute Gasteiger partial charge is 0.507 e. The average Bonchev–Trinajstić information content (AvgIpc) is 3.05. The van der Waals surface area contributed by atoms with Gasteiger partial charge in [-0.2, -0.15) is 25.3 Å². The SMILES string of the molecule is Oc1c2cccc1Cc1cccc(c1OCCCCCCS)Cc1cccc(c1O)Cc1cccc(c1OCCCCCCS)C2. The van der Waals surface area contributed by atoms with Crippen molar-refractivity contribution >= 4 is 25.3 Å². The van der Waals surface area contributed by atoms with Crippen LogP contribution in [-0.4, -0.2) is 34.9 Å². The van der Waals surface area contributed by atoms with Crippen molar-refractivity contribution in [2.75, 3.05) is 24.7 Å². The molecule has 8 bridgehead atoms. The van der Waals surface area contributed by atoms with Crippen LogP contribution in [0.2, 0.25) is 0 Å². The van der Waals surface area contributed by atoms with E-state index in [1.807, 2.05) is 36.4 Å². The Morgan fingerprint density at radius 1 is 0.413 bits per heavy atom. The Morgan fingerprint density at radius 2 is 0.696 bits per heavy atom. The van der Waals surface area contributed by atoms with Gasteiger partial charge in [0.25, 0.3) is 0 Å². The summed E-state index contributed by atoms with van der Waals surface area (Å²) < 4.78 is 13.1. The van der Waals surface area contributed by atoms with Gasteiger partial charge in [0.1, 0.15) is 23.0 Å². The molecule has 0 spiro atoms. The summed E-state index contributed by atoms with van der Waals surface area (Å²) in [6.45, 7) is 1.25. The van der Waals surface area contributed by atoms with E-state index >= 15 is 0 Å². The van der Waals surface area contributed by atoms with E-state index in [9.17, 15) is 10.2 Å². The topological polar surface area (TPSA) is 58.9 Å². The molecule has 0 aliphatic heterocycles. The second kappa shape index (κ2) is 17.6. The zero-order valence-electron chi connectivity index (χ0n) is 26.8. The highest BCUT2D eigenvalue weighted by atomic mass is 32.1. The zero-order chi connectivity index (χ0) is 32.1. The summed E-state index contributed by atoms with van der Waals surface area (Å²) in [6, 6.07) is 24.6. The third kappa shape index (κ3) is 8.98. The maximum absolute atomic E-state index is 11.6. The summed E-state index contributed by atoms with van der Waals surface area (Å²) >= 11 is 8.68. The third-order valence-corrected chi connectivity index (χ3v) is 9.52. The van der Waals surface area contributed by atoms with E-state index in [0.717, 1.165) is 119 Å². The summed E-state index contributed by atoms with van der Waals surface area (Å²) in [4.78, 5) is 0. The number of ether oxygens (including phenoxy) is 2. The molecule has 6 heteroatoms. The molecule has 0 unspecified atom stereocenters. The maximum atomic E-state index is 11.6. The van der Waals surface area contributed by atoms with Gasteiger partial charge in [-0.15, -0.1) is 0 Å². The molecule has 0 aromatic heterocycles. The molecule has 0 amide bonds. The van der Waals surface area contributed by atoms with Crippen LogP contribution in [0, 0.1) is 0 Å². The molecule has 0 saturated heterocycles. The first-order valence-corrected chi connectivity index (χ1v) is 18.1. The van der Waals surface area contributed by atoms with Gasteiger partial charge in [-0.25, -0.2) is 0 Å². The van der Waals surface area contributed by atoms with Crippen LogP contribution in [0.5, 0.6) is 23.0 Å². The quantitative estimate of drug-likeness (QED) is 0.0711. The lowest BCUT2D eigenvalue weighted by atomic mass is 9.91. The number of unbranched alkanes of at least 4 members (excludes halogenated alkanes) is 6. The van der Waals surface area contributed by atoms with Gasteiger partial charge in [0.2, 0.25) is 0 Å². The lowest BCUT2D eigenvalue weighted by Crippen LogP contribution is -2.07. The number of phenolic OH excluding ortho intramolecular Hbond substituents is 2. The fourth-order valence-corrected chi connectivity index (χ4v) is 6.81. The number of rotatable bonds is 14. The van der Waals surface area contributed by atoms with Crippen LogP contribution < -0.4 is 9.47 Å². The highest BCUT2D eigenvalue weighted by Gasteiger charge is 2.20. The normalized spacial score (nSPS) is 12.6. The van der Waals surface area contributed by atoms with Crippen LogP contribution in [0.25, 0.3) is 0 Å². The van der Waals surface area contributed by atoms with Crippen LogP contribution in [0.1, 0.15) is 95.9 Å². The molecule has 4 nitrogen and oxygen atoms in total. The molecule has 4 aromatic carbocycles. The van der Waals surface area contributed by atoms with E-state index in [1.54, 1.807) is 0 Å². The fraction of sp³-hybridized carbons (Fsp3) is 0.400. The minimum atomic E-state index is 0.323. The van der Waals surface area contributed by atoms with Gasteiger partial charge < -0.3 is 19.7 Å². The summed E-state index contributed by atoms with van der Waals surface area (Å²) in [5.41, 5.74) is 7.61. The summed E-state index contributed by atoms with van der Waals surface area (Å²) in [5, 5.41) is 23.2. The van der Waals surface area contributed by atoms with Crippen LogP contribution >= 0.6 is 25.3 Å². The molecule has 46 heavy (non-hydrogen) atoms. The van der Waals surface area contributed by atoms with Crippen molar-refractivity contribution in [2.24, 2.45) is 0 Å². The van der Waals surface area contributed by atoms with E-state index < -0.39 is 0 Å². The number of phenols is 2. The minimum Gasteiger partial charge on any atom is -0.507 e. The lowest BCUT2D eigenvalue weighted by molar-refractivity contribution is 0.299. The lowest BCUT2D eigenvalue weighted by Gasteiger charge is -2.20. The molecule has 0 heterocycles. The highest BCUT2D eigenvalue weighted by Crippen LogP contribution is 2.38. The molecule has 0 fully saturated rings. The summed E-state index contributed by atoms with van der Waals surface area (Å²) in [5.74, 6) is 4.18. The Hall–Kier alpha value is -3.22. The van der Waals surface area contributed by atoms with Crippen LogP contribution in [-0.2, 0) is 25.7 Å². The third-order valence-electron chi connectivity index (χ3n) is 8.88. The van der Waals surface area contributed by atoms with E-state index in [-0.39, 0.29) is 0 Å². The number of thiol groups is 2. The molecule has 244 valence electrons. The van der Waals surface area contributed by atoms with Gasteiger partial charge in [0, 0.05) is 25.7 Å². The number of hydrogen-bond donors (Lipinski definition) is 4. The first kappa shape index (κ1) is 34.1. The van der Waals surface area contributed by atoms with Gasteiger partial charge in [0.15, 0.2) is 0 Å². The Bertz CT molecular complexity index is 1370. The second-order valence-corrected chi connectivity index (χ2v) is 13.2. The average molecular weight is 657 g/mol. The molecule has 0 saturated carbocycles. The van der Waals surface area contributed by atoms with Crippen LogP contribution in [0.4, 0.5) is 0 Å². The van der Waals surface area contributed by atoms with Crippen LogP contribution in [0.15, 0.2) is 72.8 Å². The number of aromatic hydroxyl groups is 2. The molecular weight excluding hydrogens is 609 g/mol. The molecule has 4 aromatic rings. The van der Waals surface area contributed by atoms with Crippen molar-refractivity contribution in [3.63, 3.8) is 0 Å². The minimum absolute atomic E-state index is 0.323. The number of para-hydroxylation sites is 4. The van der Waals surface area contributed by atoms with Crippen molar-refractivity contribution in [3.8, 4) is 23.0 Å². The Balaban J connectivity index is 1.53. The molecule has 1 aliphatic rings. The molecule has 0 radical (unpaired) electrons. The molecule has 0 atom stereocenters. The van der Waals surface area contributed by atoms with Gasteiger partial charge in [-0.05, 0) is 81.7 Å². The number of hydrogen-bond acceptors (Lipinski definition) is 6. The summed E-state index contributed by atoms with van der Waals surface area (Å²) in [6.07, 6.45) is 10.9. The zero-order valence-corrected chi connectivity index (χ0v) is 28.6. The Labute approximate surface area is 286 Å². The van der Waals surface area contributed by atoms with E-state index in [0.29, 0.717) is 50.4 Å². The Morgan fingerprint density at radius 3 is 1.00 bits per heavy atom. The van der Waals surface area contributed by atoms with Crippen molar-refractivity contribution < 1.29 is 19.7 Å². The number of benzene rings is 4. The van der Waals surface area contributed by atoms with Crippen molar-refractivity contribution in [3.05, 3.63) is 117 Å². The monoisotopic (exact) mass is 656 g/mol. The highest BCUT2D eigenvalue weighted by molar-refractivity contribution is 7.80. The predicted molar refractivity (Wildman–Crippen MR) is 196 cm³/mol. The van der Waals surface area contributed by atoms with Gasteiger partial charge in [-0.1, -0.05) is 98.5 Å². The first-order valence-electron chi connectivity index (χ1n) is 16.9. The van der Waals surface area contributed by atoms with Gasteiger partial charge in [0.05, 0.1) is 13.2 Å². The standard InChI is InChI=1S/C40H48O4S2/c41-37-29-13-9-15-31(37)27-35-19-12-20-36(40(35)44-22-6-2-4-8-24-46)28-32-16-10-14-30(38(32)42)26-34-18-11-17-33(25-29)39(34)43-21-5-1-3-7-23-45/h9-20,41-42,45-46H,1-8,21-28H2. The first-order chi connectivity index (χ1) is 22.6. The van der Waals surface area contributed by atoms with E-state index in [2.05, 4.69) is 61.7 Å². The fourth-order valence-electron chi connectivity index (χ4n) is 6.37. The van der Waals surface area contributed by atoms with E-state index in [1.165, 1.54) is 0 Å². The van der Waals surface area contributed by atoms with Crippen molar-refractivity contribution in [2.45, 2.75) is 77.0 Å². The van der Waals surface area contributed by atoms with Crippen molar-refractivity contribution in [1.82, 2.24) is 0 Å². The Kier molecular flexibility index (Phi) is 13.1. The van der Waals surface area contributed by atoms with E-state index in [4.69, 9.17) is 9.47 Å². The van der Waals surface area contributed by atoms with Gasteiger partial charge in [-0.3, -0.25) is 0 Å². The van der Waals surface area contributed by atoms with Crippen molar-refractivity contribution in [1.29, 1.82) is 0 Å². The smallest absolute Gasteiger partial charge is 0.126 e. The number of fused-ring (bicyclic) bond motifs is 8. The maximum Gasteiger partial charge on any atom is 0.126 e. The predicted octanol–water partition coefficient (Wildman–Crippen LogP) is 9.51. The van der Waals surface area contributed by atoms with Gasteiger partial charge >= 0.3 is 0 Å². The summed E-state index contributed by atoms with van der Waals surface area (Å²) in [7, 11) is 0. The molecule has 5 rings (SSSR count). The molecule has 2 N–H and O–H groups in total.